The van der Waals surface area contributed by atoms with E-state index in [-0.39, 0.29) is 11.7 Å². The van der Waals surface area contributed by atoms with Crippen molar-refractivity contribution < 1.29 is 9.90 Å². The van der Waals surface area contributed by atoms with Gasteiger partial charge in [-0.1, -0.05) is 6.07 Å². The van der Waals surface area contributed by atoms with E-state index in [4.69, 9.17) is 5.73 Å². The fraction of sp³-hybridized carbons (Fsp3) is 0.0714. The van der Waals surface area contributed by atoms with Gasteiger partial charge in [0.1, 0.15) is 5.75 Å². The number of amides is 1. The summed E-state index contributed by atoms with van der Waals surface area (Å²) in [6, 6.07) is 11.7. The Morgan fingerprint density at radius 3 is 2.50 bits per heavy atom. The van der Waals surface area contributed by atoms with Crippen LogP contribution >= 0.6 is 0 Å². The highest BCUT2D eigenvalue weighted by Gasteiger charge is 2.11. The molecule has 0 aromatic heterocycles. The minimum absolute atomic E-state index is 0.111. The zero-order valence-corrected chi connectivity index (χ0v) is 9.97. The van der Waals surface area contributed by atoms with Crippen LogP contribution in [-0.4, -0.2) is 11.0 Å². The minimum atomic E-state index is -0.256. The second kappa shape index (κ2) is 4.79. The lowest BCUT2D eigenvalue weighted by Gasteiger charge is -2.08. The summed E-state index contributed by atoms with van der Waals surface area (Å²) in [6.45, 7) is 1.70. The molecule has 0 saturated heterocycles. The summed E-state index contributed by atoms with van der Waals surface area (Å²) < 4.78 is 0. The predicted molar refractivity (Wildman–Crippen MR) is 71.7 cm³/mol. The number of anilines is 2. The molecule has 2 aromatic rings. The Bertz CT molecular complexity index is 577. The van der Waals surface area contributed by atoms with E-state index in [1.165, 1.54) is 0 Å². The van der Waals surface area contributed by atoms with Crippen molar-refractivity contribution in [1.29, 1.82) is 0 Å². The summed E-state index contributed by atoms with van der Waals surface area (Å²) in [5.74, 6) is -0.145. The molecule has 0 unspecified atom stereocenters. The molecule has 0 heterocycles. The molecule has 0 aliphatic carbocycles. The van der Waals surface area contributed by atoms with E-state index in [0.717, 1.165) is 0 Å². The molecule has 4 N–H and O–H groups in total. The van der Waals surface area contributed by atoms with Crippen molar-refractivity contribution in [3.63, 3.8) is 0 Å². The summed E-state index contributed by atoms with van der Waals surface area (Å²) in [5.41, 5.74) is 7.88. The van der Waals surface area contributed by atoms with E-state index in [1.54, 1.807) is 49.4 Å². The number of rotatable bonds is 2. The number of phenolic OH excluding ortho intramolecular Hbond substituents is 1. The quantitative estimate of drug-likeness (QED) is 0.708. The summed E-state index contributed by atoms with van der Waals surface area (Å²) in [7, 11) is 0. The summed E-state index contributed by atoms with van der Waals surface area (Å²) in [6.07, 6.45) is 0. The fourth-order valence-corrected chi connectivity index (χ4v) is 1.63. The first-order valence-electron chi connectivity index (χ1n) is 5.53. The normalized spacial score (nSPS) is 10.1. The second-order valence-electron chi connectivity index (χ2n) is 4.03. The van der Waals surface area contributed by atoms with Crippen molar-refractivity contribution in [2.24, 2.45) is 0 Å². The minimum Gasteiger partial charge on any atom is -0.508 e. The van der Waals surface area contributed by atoms with E-state index < -0.39 is 0 Å². The molecule has 1 amide bonds. The summed E-state index contributed by atoms with van der Waals surface area (Å²) in [5, 5.41) is 12.3. The van der Waals surface area contributed by atoms with E-state index >= 15 is 0 Å². The molecule has 0 bridgehead atoms. The largest absolute Gasteiger partial charge is 0.508 e. The van der Waals surface area contributed by atoms with Gasteiger partial charge in [-0.25, -0.2) is 0 Å². The van der Waals surface area contributed by atoms with Crippen LogP contribution < -0.4 is 11.1 Å². The lowest BCUT2D eigenvalue weighted by Crippen LogP contribution is -2.13. The molecule has 0 radical (unpaired) electrons. The van der Waals surface area contributed by atoms with Crippen LogP contribution in [0.1, 0.15) is 15.9 Å². The number of nitrogens with one attached hydrogen (secondary N) is 1. The molecular formula is C14H14N2O2. The first-order chi connectivity index (χ1) is 8.58. The number of hydrogen-bond acceptors (Lipinski definition) is 3. The number of nitrogen functional groups attached to an aromatic ring is 1. The van der Waals surface area contributed by atoms with E-state index in [0.29, 0.717) is 22.5 Å². The van der Waals surface area contributed by atoms with E-state index in [1.807, 2.05) is 0 Å². The summed E-state index contributed by atoms with van der Waals surface area (Å²) >= 11 is 0. The Morgan fingerprint density at radius 1 is 1.17 bits per heavy atom. The molecule has 0 spiro atoms. The Hall–Kier alpha value is -2.49. The molecule has 0 saturated carbocycles. The van der Waals surface area contributed by atoms with Crippen molar-refractivity contribution in [3.8, 4) is 5.75 Å². The number of hydrogen-bond donors (Lipinski definition) is 3. The zero-order chi connectivity index (χ0) is 13.1. The molecule has 0 aliphatic rings. The van der Waals surface area contributed by atoms with Crippen LogP contribution in [0.15, 0.2) is 42.5 Å². The Labute approximate surface area is 105 Å². The molecule has 18 heavy (non-hydrogen) atoms. The van der Waals surface area contributed by atoms with Crippen LogP contribution in [0.2, 0.25) is 0 Å². The van der Waals surface area contributed by atoms with Gasteiger partial charge in [-0.05, 0) is 43.3 Å². The molecular weight excluding hydrogens is 228 g/mol. The van der Waals surface area contributed by atoms with Gasteiger partial charge in [-0.2, -0.15) is 0 Å². The molecule has 0 fully saturated rings. The van der Waals surface area contributed by atoms with Gasteiger partial charge in [0.2, 0.25) is 0 Å². The van der Waals surface area contributed by atoms with Crippen LogP contribution in [0.3, 0.4) is 0 Å². The smallest absolute Gasteiger partial charge is 0.256 e. The molecule has 4 nitrogen and oxygen atoms in total. The molecule has 0 aliphatic heterocycles. The lowest BCUT2D eigenvalue weighted by molar-refractivity contribution is 0.102. The maximum atomic E-state index is 12.0. The average Bonchev–Trinajstić information content (AvgIpc) is 2.35. The van der Waals surface area contributed by atoms with Gasteiger partial charge >= 0.3 is 0 Å². The standard InChI is InChI=1S/C14H14N2O2/c1-9-12(3-2-4-13(9)17)14(18)16-11-7-5-10(15)6-8-11/h2-8,17H,15H2,1H3,(H,16,18). The molecule has 0 atom stereocenters. The number of carbonyl (C=O) groups excluding carboxylic acids is 1. The van der Waals surface area contributed by atoms with Gasteiger partial charge in [0.25, 0.3) is 5.91 Å². The number of phenols is 1. The highest BCUT2D eigenvalue weighted by atomic mass is 16.3. The van der Waals surface area contributed by atoms with Crippen molar-refractivity contribution in [2.75, 3.05) is 11.1 Å². The van der Waals surface area contributed by atoms with Gasteiger partial charge in [0, 0.05) is 22.5 Å². The van der Waals surface area contributed by atoms with Crippen LogP contribution in [0.5, 0.6) is 5.75 Å². The monoisotopic (exact) mass is 242 g/mol. The number of aromatic hydroxyl groups is 1. The number of carbonyl (C=O) groups is 1. The van der Waals surface area contributed by atoms with Crippen molar-refractivity contribution in [1.82, 2.24) is 0 Å². The lowest BCUT2D eigenvalue weighted by atomic mass is 10.1. The molecule has 2 rings (SSSR count). The van der Waals surface area contributed by atoms with Gasteiger partial charge in [-0.3, -0.25) is 4.79 Å². The fourth-order valence-electron chi connectivity index (χ4n) is 1.63. The Kier molecular flexibility index (Phi) is 3.19. The number of nitrogens with two attached hydrogens (primary N) is 1. The highest BCUT2D eigenvalue weighted by Crippen LogP contribution is 2.20. The van der Waals surface area contributed by atoms with Gasteiger partial charge in [0.15, 0.2) is 0 Å². The topological polar surface area (TPSA) is 75.3 Å². The molecule has 4 heteroatoms. The first kappa shape index (κ1) is 12.0. The number of benzene rings is 2. The third-order valence-electron chi connectivity index (χ3n) is 2.72. The highest BCUT2D eigenvalue weighted by molar-refractivity contribution is 6.05. The van der Waals surface area contributed by atoms with E-state index in [2.05, 4.69) is 5.32 Å². The SMILES string of the molecule is Cc1c(O)cccc1C(=O)Nc1ccc(N)cc1. The first-order valence-corrected chi connectivity index (χ1v) is 5.53. The average molecular weight is 242 g/mol. The van der Waals surface area contributed by atoms with Gasteiger partial charge in [-0.15, -0.1) is 0 Å². The molecule has 2 aromatic carbocycles. The van der Waals surface area contributed by atoms with Crippen LogP contribution in [0.4, 0.5) is 11.4 Å². The maximum absolute atomic E-state index is 12.0. The van der Waals surface area contributed by atoms with Gasteiger partial charge in [0.05, 0.1) is 0 Å². The predicted octanol–water partition coefficient (Wildman–Crippen LogP) is 2.54. The van der Waals surface area contributed by atoms with Crippen molar-refractivity contribution in [3.05, 3.63) is 53.6 Å². The zero-order valence-electron chi connectivity index (χ0n) is 9.97. The van der Waals surface area contributed by atoms with Gasteiger partial charge < -0.3 is 16.2 Å². The molecule has 92 valence electrons. The third-order valence-corrected chi connectivity index (χ3v) is 2.72. The Morgan fingerprint density at radius 2 is 1.83 bits per heavy atom. The van der Waals surface area contributed by atoms with Crippen LogP contribution in [0, 0.1) is 6.92 Å². The summed E-state index contributed by atoms with van der Waals surface area (Å²) in [4.78, 5) is 12.0. The van der Waals surface area contributed by atoms with Crippen LogP contribution in [0.25, 0.3) is 0 Å². The second-order valence-corrected chi connectivity index (χ2v) is 4.03. The van der Waals surface area contributed by atoms with Crippen molar-refractivity contribution in [2.45, 2.75) is 6.92 Å². The maximum Gasteiger partial charge on any atom is 0.256 e. The third kappa shape index (κ3) is 2.43. The van der Waals surface area contributed by atoms with Crippen molar-refractivity contribution >= 4 is 17.3 Å². The van der Waals surface area contributed by atoms with E-state index in [9.17, 15) is 9.90 Å². The van der Waals surface area contributed by atoms with Crippen LogP contribution in [-0.2, 0) is 0 Å². The Balaban J connectivity index is 2.22.